The molecule has 185 valence electrons. The quantitative estimate of drug-likeness (QED) is 0.248. The average molecular weight is 480 g/mol. The van der Waals surface area contributed by atoms with E-state index >= 15 is 0 Å². The summed E-state index contributed by atoms with van der Waals surface area (Å²) in [5.41, 5.74) is 6.58. The fourth-order valence-electron chi connectivity index (χ4n) is 3.40. The number of benzene rings is 2. The summed E-state index contributed by atoms with van der Waals surface area (Å²) in [6, 6.07) is 15.9. The SMILES string of the molecule is CC(C)C[C@H](NC(=O)[CH]C(N)=O)C(=O)N[C@@H](Cc1ccccc1)C(=O)C(=O)NCc1ccccc1. The van der Waals surface area contributed by atoms with Gasteiger partial charge < -0.3 is 21.7 Å². The Hall–Kier alpha value is -4.01. The van der Waals surface area contributed by atoms with Gasteiger partial charge in [-0.1, -0.05) is 74.5 Å². The molecule has 1 radical (unpaired) electrons. The van der Waals surface area contributed by atoms with Gasteiger partial charge in [0.05, 0.1) is 0 Å². The highest BCUT2D eigenvalue weighted by Gasteiger charge is 2.31. The summed E-state index contributed by atoms with van der Waals surface area (Å²) >= 11 is 0. The number of carbonyl (C=O) groups is 5. The summed E-state index contributed by atoms with van der Waals surface area (Å²) in [7, 11) is 0. The van der Waals surface area contributed by atoms with Crippen molar-refractivity contribution in [1.29, 1.82) is 0 Å². The Bertz CT molecular complexity index is 1020. The maximum absolute atomic E-state index is 13.1. The minimum Gasteiger partial charge on any atom is -0.369 e. The third kappa shape index (κ3) is 9.79. The monoisotopic (exact) mass is 479 g/mol. The van der Waals surface area contributed by atoms with Gasteiger partial charge in [-0.05, 0) is 23.5 Å². The molecule has 2 aromatic carbocycles. The standard InChI is InChI=1S/C26H31N4O5/c1-17(2)13-21(29-23(32)15-22(27)31)25(34)30-20(14-18-9-5-3-6-10-18)24(33)26(35)28-16-19-11-7-4-8-12-19/h3-12,15,17,20-21H,13-14,16H2,1-2H3,(H2,27,31)(H,28,35)(H,29,32)(H,30,34)/t20-,21-/m0/s1. The van der Waals surface area contributed by atoms with Gasteiger partial charge in [-0.2, -0.15) is 0 Å². The number of carbonyl (C=O) groups excluding carboxylic acids is 5. The number of hydrogen-bond donors (Lipinski definition) is 4. The molecule has 0 aliphatic carbocycles. The molecule has 0 bridgehead atoms. The molecule has 0 saturated carbocycles. The maximum Gasteiger partial charge on any atom is 0.289 e. The number of Topliss-reactive ketones (excluding diaryl/α,β-unsaturated/α-hetero) is 1. The molecule has 5 N–H and O–H groups in total. The molecule has 35 heavy (non-hydrogen) atoms. The van der Waals surface area contributed by atoms with Crippen LogP contribution in [0, 0.1) is 12.3 Å². The van der Waals surface area contributed by atoms with Crippen molar-refractivity contribution in [3.05, 3.63) is 78.2 Å². The highest BCUT2D eigenvalue weighted by molar-refractivity contribution is 6.38. The second-order valence-corrected chi connectivity index (χ2v) is 8.52. The average Bonchev–Trinajstić information content (AvgIpc) is 2.81. The van der Waals surface area contributed by atoms with Crippen LogP contribution in [0.3, 0.4) is 0 Å². The van der Waals surface area contributed by atoms with Crippen LogP contribution in [0.15, 0.2) is 60.7 Å². The number of amides is 4. The number of nitrogens with one attached hydrogen (secondary N) is 3. The highest BCUT2D eigenvalue weighted by atomic mass is 16.2. The Morgan fingerprint density at radius 3 is 1.94 bits per heavy atom. The minimum atomic E-state index is -1.16. The van der Waals surface area contributed by atoms with Crippen molar-refractivity contribution in [3.8, 4) is 0 Å². The predicted octanol–water partition coefficient (Wildman–Crippen LogP) is 0.820. The predicted molar refractivity (Wildman–Crippen MR) is 130 cm³/mol. The number of rotatable bonds is 13. The number of ketones is 1. The van der Waals surface area contributed by atoms with Crippen molar-refractivity contribution >= 4 is 29.4 Å². The molecule has 0 aromatic heterocycles. The molecule has 9 heteroatoms. The van der Waals surface area contributed by atoms with Crippen LogP contribution in [0.25, 0.3) is 0 Å². The molecule has 2 aromatic rings. The molecule has 0 saturated heterocycles. The Morgan fingerprint density at radius 1 is 0.829 bits per heavy atom. The van der Waals surface area contributed by atoms with E-state index in [1.165, 1.54) is 0 Å². The fourth-order valence-corrected chi connectivity index (χ4v) is 3.40. The maximum atomic E-state index is 13.1. The van der Waals surface area contributed by atoms with E-state index in [1.807, 2.05) is 50.2 Å². The van der Waals surface area contributed by atoms with Crippen LogP contribution >= 0.6 is 0 Å². The van der Waals surface area contributed by atoms with Crippen LogP contribution in [-0.2, 0) is 36.9 Å². The van der Waals surface area contributed by atoms with E-state index in [2.05, 4.69) is 16.0 Å². The van der Waals surface area contributed by atoms with E-state index in [-0.39, 0.29) is 25.3 Å². The normalized spacial score (nSPS) is 12.3. The number of hydrogen-bond acceptors (Lipinski definition) is 5. The lowest BCUT2D eigenvalue weighted by Gasteiger charge is -2.24. The van der Waals surface area contributed by atoms with E-state index in [4.69, 9.17) is 5.73 Å². The van der Waals surface area contributed by atoms with Gasteiger partial charge in [-0.15, -0.1) is 0 Å². The summed E-state index contributed by atoms with van der Waals surface area (Å²) in [6.45, 7) is 3.87. The summed E-state index contributed by atoms with van der Waals surface area (Å²) < 4.78 is 0. The molecule has 0 heterocycles. The third-order valence-electron chi connectivity index (χ3n) is 5.05. The fraction of sp³-hybridized carbons (Fsp3) is 0.308. The van der Waals surface area contributed by atoms with E-state index < -0.39 is 41.5 Å². The van der Waals surface area contributed by atoms with Gasteiger partial charge in [0.25, 0.3) is 5.91 Å². The van der Waals surface area contributed by atoms with Gasteiger partial charge in [0.2, 0.25) is 23.5 Å². The zero-order valence-electron chi connectivity index (χ0n) is 19.8. The number of nitrogens with two attached hydrogens (primary N) is 1. The van der Waals surface area contributed by atoms with Gasteiger partial charge in [0.1, 0.15) is 18.5 Å². The zero-order valence-corrected chi connectivity index (χ0v) is 19.8. The molecular formula is C26H31N4O5. The van der Waals surface area contributed by atoms with E-state index in [9.17, 15) is 24.0 Å². The smallest absolute Gasteiger partial charge is 0.289 e. The van der Waals surface area contributed by atoms with Gasteiger partial charge in [0.15, 0.2) is 0 Å². The van der Waals surface area contributed by atoms with Crippen LogP contribution in [0.4, 0.5) is 0 Å². The largest absolute Gasteiger partial charge is 0.369 e. The van der Waals surface area contributed by atoms with E-state index in [1.54, 1.807) is 24.3 Å². The topological polar surface area (TPSA) is 147 Å². The van der Waals surface area contributed by atoms with Crippen molar-refractivity contribution < 1.29 is 24.0 Å². The summed E-state index contributed by atoms with van der Waals surface area (Å²) in [4.78, 5) is 61.8. The first-order valence-corrected chi connectivity index (χ1v) is 11.3. The van der Waals surface area contributed by atoms with Crippen molar-refractivity contribution in [3.63, 3.8) is 0 Å². The summed E-state index contributed by atoms with van der Waals surface area (Å²) in [6.07, 6.45) is 0.973. The van der Waals surface area contributed by atoms with Crippen LogP contribution in [0.5, 0.6) is 0 Å². The molecule has 0 spiro atoms. The third-order valence-corrected chi connectivity index (χ3v) is 5.05. The first kappa shape index (κ1) is 27.2. The lowest BCUT2D eigenvalue weighted by Crippen LogP contribution is -2.55. The summed E-state index contributed by atoms with van der Waals surface area (Å²) in [5.74, 6) is -4.03. The van der Waals surface area contributed by atoms with Crippen molar-refractivity contribution in [2.45, 2.75) is 45.3 Å². The Balaban J connectivity index is 2.16. The van der Waals surface area contributed by atoms with E-state index in [0.717, 1.165) is 11.1 Å². The molecular weight excluding hydrogens is 448 g/mol. The molecule has 9 nitrogen and oxygen atoms in total. The summed E-state index contributed by atoms with van der Waals surface area (Å²) in [5, 5.41) is 7.65. The van der Waals surface area contributed by atoms with Gasteiger partial charge in [-0.25, -0.2) is 0 Å². The van der Waals surface area contributed by atoms with Gasteiger partial charge in [0, 0.05) is 13.0 Å². The lowest BCUT2D eigenvalue weighted by molar-refractivity contribution is -0.140. The molecule has 4 amide bonds. The Labute approximate surface area is 204 Å². The molecule has 0 fully saturated rings. The van der Waals surface area contributed by atoms with Crippen LogP contribution < -0.4 is 21.7 Å². The number of primary amides is 1. The first-order valence-electron chi connectivity index (χ1n) is 11.3. The van der Waals surface area contributed by atoms with Crippen molar-refractivity contribution in [2.75, 3.05) is 0 Å². The van der Waals surface area contributed by atoms with Crippen LogP contribution in [0.1, 0.15) is 31.4 Å². The molecule has 2 rings (SSSR count). The second-order valence-electron chi connectivity index (χ2n) is 8.52. The van der Waals surface area contributed by atoms with Gasteiger partial charge >= 0.3 is 0 Å². The van der Waals surface area contributed by atoms with Crippen molar-refractivity contribution in [1.82, 2.24) is 16.0 Å². The Morgan fingerprint density at radius 2 is 1.40 bits per heavy atom. The molecule has 0 unspecified atom stereocenters. The van der Waals surface area contributed by atoms with Crippen LogP contribution in [-0.4, -0.2) is 41.5 Å². The molecule has 2 atom stereocenters. The highest BCUT2D eigenvalue weighted by Crippen LogP contribution is 2.09. The van der Waals surface area contributed by atoms with Gasteiger partial charge in [-0.3, -0.25) is 24.0 Å². The molecule has 0 aliphatic rings. The minimum absolute atomic E-state index is 0.0112. The Kier molecular flexibility index (Phi) is 10.6. The second kappa shape index (κ2) is 13.6. The zero-order chi connectivity index (χ0) is 25.8. The lowest BCUT2D eigenvalue weighted by atomic mass is 9.99. The first-order chi connectivity index (χ1) is 16.7. The van der Waals surface area contributed by atoms with E-state index in [0.29, 0.717) is 6.42 Å². The molecule has 0 aliphatic heterocycles. The van der Waals surface area contributed by atoms with Crippen molar-refractivity contribution in [2.24, 2.45) is 11.7 Å². The van der Waals surface area contributed by atoms with Crippen LogP contribution in [0.2, 0.25) is 0 Å².